The van der Waals surface area contributed by atoms with Gasteiger partial charge in [0, 0.05) is 29.7 Å². The molecule has 3 aromatic rings. The molecule has 2 aromatic heterocycles. The van der Waals surface area contributed by atoms with Crippen LogP contribution in [-0.2, 0) is 15.0 Å². The van der Waals surface area contributed by atoms with Gasteiger partial charge in [-0.05, 0) is 92.2 Å². The van der Waals surface area contributed by atoms with Gasteiger partial charge in [-0.2, -0.15) is 0 Å². The van der Waals surface area contributed by atoms with Crippen LogP contribution in [0.3, 0.4) is 0 Å². The van der Waals surface area contributed by atoms with E-state index in [1.165, 1.54) is 12.5 Å². The van der Waals surface area contributed by atoms with Gasteiger partial charge in [-0.1, -0.05) is 55.2 Å². The highest BCUT2D eigenvalue weighted by atomic mass is 35.5. The van der Waals surface area contributed by atoms with Crippen LogP contribution in [-0.4, -0.2) is 26.9 Å². The minimum absolute atomic E-state index is 0.0122. The van der Waals surface area contributed by atoms with Crippen molar-refractivity contribution in [1.29, 1.82) is 0 Å². The second kappa shape index (κ2) is 10.9. The van der Waals surface area contributed by atoms with Crippen LogP contribution >= 0.6 is 23.2 Å². The van der Waals surface area contributed by atoms with E-state index in [-0.39, 0.29) is 39.1 Å². The number of fused-ring (bicyclic) bond motifs is 3. The monoisotopic (exact) mass is 638 g/mol. The molecule has 0 saturated heterocycles. The third kappa shape index (κ3) is 4.61. The van der Waals surface area contributed by atoms with Gasteiger partial charge in [0.25, 0.3) is 0 Å². The van der Waals surface area contributed by atoms with E-state index in [9.17, 15) is 9.59 Å². The number of carbonyl (C=O) groups is 2. The summed E-state index contributed by atoms with van der Waals surface area (Å²) in [6.45, 7) is 4.51. The number of Topliss-reactive ketones (excluding diaryl/α,β-unsaturated/α-hetero) is 1. The number of hydrogen-bond donors (Lipinski definition) is 1. The number of hydrogen-bond acceptors (Lipinski definition) is 6. The fraction of sp³-hybridized carbons (Fsp3) is 0.559. The minimum atomic E-state index is -1.18. The number of anilines is 1. The van der Waals surface area contributed by atoms with Crippen molar-refractivity contribution < 1.29 is 18.4 Å². The number of nitrogens with zero attached hydrogens (tertiary/aromatic N) is 3. The van der Waals surface area contributed by atoms with Crippen molar-refractivity contribution in [1.82, 2.24) is 15.2 Å². The normalized spacial score (nSPS) is 30.4. The first-order valence-corrected chi connectivity index (χ1v) is 16.5. The van der Waals surface area contributed by atoms with Gasteiger partial charge in [-0.25, -0.2) is 9.37 Å². The predicted molar refractivity (Wildman–Crippen MR) is 165 cm³/mol. The number of amides is 1. The Morgan fingerprint density at radius 2 is 1.82 bits per heavy atom. The molecule has 232 valence electrons. The average molecular weight is 640 g/mol. The molecule has 1 aromatic carbocycles. The Kier molecular flexibility index (Phi) is 7.40. The fourth-order valence-electron chi connectivity index (χ4n) is 9.27. The maximum atomic E-state index is 16.2. The van der Waals surface area contributed by atoms with E-state index in [1.54, 1.807) is 18.2 Å². The highest BCUT2D eigenvalue weighted by Gasteiger charge is 2.72. The lowest BCUT2D eigenvalue weighted by Gasteiger charge is -2.50. The Bertz CT molecular complexity index is 1590. The van der Waals surface area contributed by atoms with Crippen LogP contribution in [0.4, 0.5) is 10.2 Å². The largest absolute Gasteiger partial charge is 0.428 e. The Morgan fingerprint density at radius 1 is 1.07 bits per heavy atom. The summed E-state index contributed by atoms with van der Waals surface area (Å²) in [7, 11) is 0. The summed E-state index contributed by atoms with van der Waals surface area (Å²) in [5.41, 5.74) is -0.582. The van der Waals surface area contributed by atoms with Crippen LogP contribution in [0.2, 0.25) is 10.2 Å². The Morgan fingerprint density at radius 3 is 2.52 bits per heavy atom. The first-order chi connectivity index (χ1) is 21.0. The minimum Gasteiger partial charge on any atom is -0.428 e. The quantitative estimate of drug-likeness (QED) is 0.282. The molecule has 3 aliphatic carbocycles. The molecule has 0 radical (unpaired) electrons. The lowest BCUT2D eigenvalue weighted by molar-refractivity contribution is -0.127. The Labute approximate surface area is 266 Å². The third-order valence-corrected chi connectivity index (χ3v) is 12.0. The first kappa shape index (κ1) is 29.8. The fourth-order valence-corrected chi connectivity index (χ4v) is 9.60. The molecule has 3 fully saturated rings. The zero-order valence-electron chi connectivity index (χ0n) is 25.0. The average Bonchev–Trinajstić information content (AvgIpc) is 3.70. The molecule has 10 heteroatoms. The second-order valence-electron chi connectivity index (χ2n) is 14.3. The van der Waals surface area contributed by atoms with Gasteiger partial charge >= 0.3 is 0 Å². The number of rotatable bonds is 5. The molecular formula is C34H37Cl2FN4O3. The van der Waals surface area contributed by atoms with E-state index < -0.39 is 28.5 Å². The van der Waals surface area contributed by atoms with Gasteiger partial charge in [-0.3, -0.25) is 9.59 Å². The van der Waals surface area contributed by atoms with E-state index in [0.29, 0.717) is 35.7 Å². The zero-order valence-corrected chi connectivity index (χ0v) is 26.6. The van der Waals surface area contributed by atoms with E-state index >= 15 is 4.39 Å². The molecular weight excluding hydrogens is 602 g/mol. The molecule has 4 aliphatic rings. The predicted octanol–water partition coefficient (Wildman–Crippen LogP) is 8.42. The van der Waals surface area contributed by atoms with Crippen molar-refractivity contribution in [3.63, 3.8) is 0 Å². The lowest BCUT2D eigenvalue weighted by atomic mass is 9.51. The number of pyridine rings is 1. The number of halogens is 3. The van der Waals surface area contributed by atoms with Gasteiger partial charge in [0.15, 0.2) is 0 Å². The van der Waals surface area contributed by atoms with E-state index in [0.717, 1.165) is 51.4 Å². The smallest absolute Gasteiger partial charge is 0.237 e. The SMILES string of the molecule is CC1(C)CCC2(CC1)C[C@@H](C(=O)CC1CCC(c3nnco3)CC1)[C@H](c1cccc(Cl)c1F)[C@]21C(=O)Nc2nc(Cl)ccc21. The summed E-state index contributed by atoms with van der Waals surface area (Å²) in [5, 5.41) is 11.2. The summed E-state index contributed by atoms with van der Waals surface area (Å²) >= 11 is 12.7. The maximum Gasteiger partial charge on any atom is 0.237 e. The second-order valence-corrected chi connectivity index (χ2v) is 15.1. The molecule has 7 nitrogen and oxygen atoms in total. The molecule has 0 unspecified atom stereocenters. The van der Waals surface area contributed by atoms with E-state index in [4.69, 9.17) is 27.6 Å². The van der Waals surface area contributed by atoms with Crippen molar-refractivity contribution in [2.75, 3.05) is 5.32 Å². The molecule has 1 aliphatic heterocycles. The van der Waals surface area contributed by atoms with Crippen LogP contribution in [0.1, 0.15) is 107 Å². The molecule has 44 heavy (non-hydrogen) atoms. The van der Waals surface area contributed by atoms with E-state index in [2.05, 4.69) is 34.3 Å². The lowest BCUT2D eigenvalue weighted by Crippen LogP contribution is -2.52. The Hall–Kier alpha value is -2.84. The van der Waals surface area contributed by atoms with Crippen molar-refractivity contribution in [3.05, 3.63) is 69.7 Å². The number of carbonyl (C=O) groups excluding carboxylic acids is 2. The third-order valence-electron chi connectivity index (χ3n) is 11.5. The summed E-state index contributed by atoms with van der Waals surface area (Å²) in [5.74, 6) is -0.487. The van der Waals surface area contributed by atoms with Crippen LogP contribution in [0.5, 0.6) is 0 Å². The number of ketones is 1. The summed E-state index contributed by atoms with van der Waals surface area (Å²) < 4.78 is 21.6. The van der Waals surface area contributed by atoms with E-state index in [1.807, 2.05) is 6.07 Å². The topological polar surface area (TPSA) is 98.0 Å². The van der Waals surface area contributed by atoms with Crippen LogP contribution in [0, 0.1) is 28.5 Å². The van der Waals surface area contributed by atoms with Crippen molar-refractivity contribution in [2.45, 2.75) is 95.3 Å². The molecule has 1 N–H and O–H groups in total. The van der Waals surface area contributed by atoms with Gasteiger partial charge in [0.1, 0.15) is 22.6 Å². The van der Waals surface area contributed by atoms with Gasteiger partial charge in [0.2, 0.25) is 18.2 Å². The molecule has 0 bridgehead atoms. The van der Waals surface area contributed by atoms with Gasteiger partial charge < -0.3 is 9.73 Å². The molecule has 3 saturated carbocycles. The maximum absolute atomic E-state index is 16.2. The zero-order chi connectivity index (χ0) is 30.9. The number of benzene rings is 1. The molecule has 7 rings (SSSR count). The van der Waals surface area contributed by atoms with Crippen LogP contribution < -0.4 is 5.32 Å². The highest BCUT2D eigenvalue weighted by Crippen LogP contribution is 2.72. The molecule has 3 atom stereocenters. The molecule has 3 heterocycles. The van der Waals surface area contributed by atoms with Crippen molar-refractivity contribution >= 4 is 40.7 Å². The molecule has 1 amide bonds. The molecule has 2 spiro atoms. The van der Waals surface area contributed by atoms with Gasteiger partial charge in [0.05, 0.1) is 10.4 Å². The van der Waals surface area contributed by atoms with Crippen molar-refractivity contribution in [3.8, 4) is 0 Å². The summed E-state index contributed by atoms with van der Waals surface area (Å²) in [4.78, 5) is 33.7. The van der Waals surface area contributed by atoms with Gasteiger partial charge in [-0.15, -0.1) is 10.2 Å². The van der Waals surface area contributed by atoms with Crippen LogP contribution in [0.25, 0.3) is 0 Å². The Balaban J connectivity index is 1.31. The highest BCUT2D eigenvalue weighted by molar-refractivity contribution is 6.31. The standard InChI is InChI=1S/C34H37Cl2FN4O3/c1-32(2)12-14-33(15-13-32)17-22(25(42)16-19-6-8-20(9-7-19)30-41-38-18-44-30)27(21-4-3-5-24(35)28(21)37)34(33)23-10-11-26(36)39-29(23)40-31(34)43/h3-5,10-11,18-20,22,27H,6-9,12-17H2,1-2H3,(H,39,40,43)/t19?,20?,22-,27-,34+/m0/s1. The number of nitrogens with one attached hydrogen (secondary N) is 1. The number of aromatic nitrogens is 3. The summed E-state index contributed by atoms with van der Waals surface area (Å²) in [6, 6.07) is 8.52. The van der Waals surface area contributed by atoms with Crippen molar-refractivity contribution in [2.24, 2.45) is 22.7 Å². The summed E-state index contributed by atoms with van der Waals surface area (Å²) in [6.07, 6.45) is 9.10. The van der Waals surface area contributed by atoms with Crippen LogP contribution in [0.15, 0.2) is 41.1 Å². The first-order valence-electron chi connectivity index (χ1n) is 15.8.